The van der Waals surface area contributed by atoms with Crippen molar-refractivity contribution < 1.29 is 31.4 Å². The fourth-order valence-electron chi connectivity index (χ4n) is 10.0. The molecule has 0 saturated carbocycles. The number of para-hydroxylation sites is 2. The molecule has 4 aromatic carbocycles. The summed E-state index contributed by atoms with van der Waals surface area (Å²) in [5.41, 5.74) is 29.2. The van der Waals surface area contributed by atoms with E-state index in [-0.39, 0.29) is 16.5 Å². The average molecular weight is 984 g/mol. The van der Waals surface area contributed by atoms with Crippen molar-refractivity contribution >= 4 is 11.4 Å². The molecular weight excluding hydrogens is 887 g/mol. The number of phenols is 2. The number of benzene rings is 4. The summed E-state index contributed by atoms with van der Waals surface area (Å²) in [7, 11) is 0. The van der Waals surface area contributed by atoms with Crippen molar-refractivity contribution in [3.05, 3.63) is 146 Å². The van der Waals surface area contributed by atoms with Crippen molar-refractivity contribution in [2.24, 2.45) is 0 Å². The molecule has 4 nitrogen and oxygen atoms in total. The maximum absolute atomic E-state index is 12.7. The fraction of sp³-hybridized carbons (Fsp3) is 0.562. The standard InChI is InChI=1S/C52H84N2.2C6H6O.Ni/c1-9-17-21-24-27-30-34-47-41(13-5)37-45(38-42(47)14-6)51-49(33-20-12-4)50(36-32-29-26-23-19-11-3)52(54(51)53)46-39-43(15-7)48(44(16-8)40-46)35-31-28-25-22-18-10-2;2*7-6-4-2-1-3-5-6;/h37-40H,9-36H2,1-8H3;2*1-5,7H;. The molecule has 0 aliphatic carbocycles. The van der Waals surface area contributed by atoms with Gasteiger partial charge in [0.15, 0.2) is 0 Å². The third-order valence-corrected chi connectivity index (χ3v) is 13.9. The van der Waals surface area contributed by atoms with E-state index in [1.54, 1.807) is 64.4 Å². The van der Waals surface area contributed by atoms with Crippen LogP contribution in [0.15, 0.2) is 96.1 Å². The van der Waals surface area contributed by atoms with Crippen LogP contribution in [0.5, 0.6) is 11.5 Å². The normalized spacial score (nSPS) is 12.1. The smallest absolute Gasteiger partial charge is 0.211 e. The maximum atomic E-state index is 12.7. The van der Waals surface area contributed by atoms with Gasteiger partial charge in [-0.05, 0) is 159 Å². The Labute approximate surface area is 433 Å². The largest absolute Gasteiger partial charge is 0.508 e. The summed E-state index contributed by atoms with van der Waals surface area (Å²) in [4.78, 5) is 0. The van der Waals surface area contributed by atoms with Crippen LogP contribution in [-0.4, -0.2) is 14.9 Å². The first kappa shape index (κ1) is 61.2. The van der Waals surface area contributed by atoms with Crippen molar-refractivity contribution in [2.45, 2.75) is 235 Å². The van der Waals surface area contributed by atoms with E-state index in [2.05, 4.69) is 79.7 Å². The van der Waals surface area contributed by atoms with E-state index in [0.29, 0.717) is 11.5 Å². The summed E-state index contributed by atoms with van der Waals surface area (Å²) < 4.78 is 1.68. The number of phenolic OH excluding ortho intramolecular Hbond substituents is 2. The Morgan fingerprint density at radius 1 is 0.362 bits per heavy atom. The summed E-state index contributed by atoms with van der Waals surface area (Å²) in [5.74, 6) is 0.644. The van der Waals surface area contributed by atoms with Gasteiger partial charge in [-0.25, -0.2) is 4.70 Å². The summed E-state index contributed by atoms with van der Waals surface area (Å²) >= 11 is 0. The van der Waals surface area contributed by atoms with Gasteiger partial charge >= 0.3 is 0 Å². The van der Waals surface area contributed by atoms with E-state index in [1.807, 2.05) is 12.1 Å². The molecule has 0 bridgehead atoms. The van der Waals surface area contributed by atoms with Gasteiger partial charge in [-0.3, -0.25) is 0 Å². The van der Waals surface area contributed by atoms with Crippen LogP contribution in [0.1, 0.15) is 241 Å². The number of rotatable bonds is 30. The zero-order valence-corrected chi connectivity index (χ0v) is 46.0. The summed E-state index contributed by atoms with van der Waals surface area (Å²) in [6, 6.07) is 27.3. The second kappa shape index (κ2) is 36.9. The maximum Gasteiger partial charge on any atom is 0.211 e. The second-order valence-electron chi connectivity index (χ2n) is 19.3. The first-order chi connectivity index (χ1) is 33.2. The molecule has 5 heteroatoms. The Kier molecular flexibility index (Phi) is 32.7. The van der Waals surface area contributed by atoms with Gasteiger partial charge in [-0.1, -0.05) is 195 Å². The van der Waals surface area contributed by atoms with Gasteiger partial charge in [0.1, 0.15) is 11.5 Å². The van der Waals surface area contributed by atoms with E-state index in [0.717, 1.165) is 62.8 Å². The summed E-state index contributed by atoms with van der Waals surface area (Å²) in [6.45, 7) is 18.6. The average Bonchev–Trinajstić information content (AvgIpc) is 3.64. The minimum atomic E-state index is 0. The number of nitrogens with zero attached hydrogens (tertiary/aromatic N) is 2. The number of aryl methyl sites for hydroxylation is 4. The first-order valence-electron chi connectivity index (χ1n) is 28.0. The van der Waals surface area contributed by atoms with Gasteiger partial charge in [0.2, 0.25) is 11.4 Å². The minimum absolute atomic E-state index is 0. The molecule has 5 rings (SSSR count). The molecule has 0 fully saturated rings. The number of allylic oxidation sites excluding steroid dienone is 2. The SMILES string of the molecule is CCCCCCCCC1=C(c2cc(CC)c(CCCCCCCC)c(CC)c2)[N+](=[N-])C(c2cc(CC)c(CCCCCCCC)c(CC)c2)=C1CCCC.Oc1ccccc1.Oc1ccccc1.[Ni]. The van der Waals surface area contributed by atoms with Crippen molar-refractivity contribution in [1.29, 1.82) is 0 Å². The van der Waals surface area contributed by atoms with Crippen molar-refractivity contribution in [1.82, 2.24) is 0 Å². The van der Waals surface area contributed by atoms with Crippen molar-refractivity contribution in [2.75, 3.05) is 0 Å². The Morgan fingerprint density at radius 3 is 0.913 bits per heavy atom. The van der Waals surface area contributed by atoms with Crippen LogP contribution in [0.3, 0.4) is 0 Å². The van der Waals surface area contributed by atoms with Gasteiger partial charge in [-0.15, -0.1) is 0 Å². The van der Waals surface area contributed by atoms with Crippen LogP contribution < -0.4 is 0 Å². The molecule has 0 atom stereocenters. The Morgan fingerprint density at radius 2 is 0.638 bits per heavy atom. The number of aromatic hydroxyl groups is 2. The zero-order chi connectivity index (χ0) is 49.4. The third kappa shape index (κ3) is 21.1. The predicted octanol–water partition coefficient (Wildman–Crippen LogP) is 19.6. The molecule has 0 radical (unpaired) electrons. The molecule has 0 aromatic heterocycles. The third-order valence-electron chi connectivity index (χ3n) is 13.9. The molecule has 0 spiro atoms. The van der Waals surface area contributed by atoms with Gasteiger partial charge < -0.3 is 15.7 Å². The van der Waals surface area contributed by atoms with Crippen LogP contribution in [0.4, 0.5) is 0 Å². The van der Waals surface area contributed by atoms with Crippen LogP contribution in [0, 0.1) is 0 Å². The van der Waals surface area contributed by atoms with E-state index in [9.17, 15) is 5.53 Å². The topological polar surface area (TPSA) is 65.8 Å². The summed E-state index contributed by atoms with van der Waals surface area (Å²) in [6.07, 6.45) is 34.6. The molecule has 1 aliphatic rings. The Bertz CT molecular complexity index is 1980. The Hall–Kier alpha value is -3.95. The molecule has 1 aliphatic heterocycles. The van der Waals surface area contributed by atoms with E-state index >= 15 is 0 Å². The molecule has 0 unspecified atom stereocenters. The molecule has 4 aromatic rings. The number of unbranched alkanes of at least 4 members (excludes halogenated alkanes) is 16. The fourth-order valence-corrected chi connectivity index (χ4v) is 10.0. The Balaban J connectivity index is 0.000000924. The monoisotopic (exact) mass is 983 g/mol. The van der Waals surface area contributed by atoms with E-state index < -0.39 is 0 Å². The predicted molar refractivity (Wildman–Crippen MR) is 296 cm³/mol. The second-order valence-corrected chi connectivity index (χ2v) is 19.3. The summed E-state index contributed by atoms with van der Waals surface area (Å²) in [5, 5.41) is 17.3. The molecular formula is C64H96N2NiO2. The van der Waals surface area contributed by atoms with Crippen LogP contribution >= 0.6 is 0 Å². The van der Waals surface area contributed by atoms with E-state index in [1.165, 1.54) is 173 Å². The minimum Gasteiger partial charge on any atom is -0.508 e. The quantitative estimate of drug-likeness (QED) is 0.0311. The van der Waals surface area contributed by atoms with Crippen LogP contribution in [0.2, 0.25) is 0 Å². The molecule has 384 valence electrons. The van der Waals surface area contributed by atoms with E-state index in [4.69, 9.17) is 10.2 Å². The van der Waals surface area contributed by atoms with Gasteiger partial charge in [0.05, 0.1) is 0 Å². The number of hydrogen-bond acceptors (Lipinski definition) is 2. The van der Waals surface area contributed by atoms with Gasteiger partial charge in [0.25, 0.3) is 0 Å². The van der Waals surface area contributed by atoms with Crippen molar-refractivity contribution in [3.63, 3.8) is 0 Å². The van der Waals surface area contributed by atoms with Crippen LogP contribution in [0.25, 0.3) is 16.9 Å². The first-order valence-corrected chi connectivity index (χ1v) is 28.0. The molecule has 0 saturated heterocycles. The zero-order valence-electron chi connectivity index (χ0n) is 45.0. The van der Waals surface area contributed by atoms with Gasteiger partial charge in [0, 0.05) is 38.8 Å². The van der Waals surface area contributed by atoms with Crippen LogP contribution in [-0.2, 0) is 55.0 Å². The molecule has 2 N–H and O–H groups in total. The molecule has 1 heterocycles. The van der Waals surface area contributed by atoms with Gasteiger partial charge in [-0.2, -0.15) is 0 Å². The molecule has 0 amide bonds. The molecule has 69 heavy (non-hydrogen) atoms. The van der Waals surface area contributed by atoms with Crippen molar-refractivity contribution in [3.8, 4) is 11.5 Å². The number of hydrogen-bond donors (Lipinski definition) is 2.